The van der Waals surface area contributed by atoms with E-state index in [4.69, 9.17) is 0 Å². The molecule has 0 unspecified atom stereocenters. The second-order valence-electron chi connectivity index (χ2n) is 7.77. The van der Waals surface area contributed by atoms with Gasteiger partial charge in [-0.2, -0.15) is 4.31 Å². The predicted octanol–water partition coefficient (Wildman–Crippen LogP) is 3.83. The van der Waals surface area contributed by atoms with Crippen molar-refractivity contribution in [1.82, 2.24) is 8.87 Å². The summed E-state index contributed by atoms with van der Waals surface area (Å²) < 4.78 is 28.2. The van der Waals surface area contributed by atoms with Crippen LogP contribution in [0.4, 0.5) is 0 Å². The number of aromatic nitrogens is 1. The fraction of sp³-hybridized carbons (Fsp3) is 0.200. The van der Waals surface area contributed by atoms with Gasteiger partial charge in [-0.15, -0.1) is 0 Å². The molecule has 1 fully saturated rings. The van der Waals surface area contributed by atoms with Crippen LogP contribution in [0.25, 0.3) is 17.2 Å². The van der Waals surface area contributed by atoms with Crippen LogP contribution in [-0.4, -0.2) is 36.2 Å². The minimum Gasteiger partial charge on any atom is -0.306 e. The summed E-state index contributed by atoms with van der Waals surface area (Å²) >= 11 is 0. The van der Waals surface area contributed by atoms with Crippen LogP contribution in [0.3, 0.4) is 0 Å². The monoisotopic (exact) mass is 448 g/mol. The number of carbonyl (C=O) groups is 1. The molecule has 0 spiro atoms. The molecule has 0 amide bonds. The van der Waals surface area contributed by atoms with Gasteiger partial charge in [0.1, 0.15) is 0 Å². The topological polar surface area (TPSA) is 76.5 Å². The second-order valence-corrected chi connectivity index (χ2v) is 9.71. The van der Waals surface area contributed by atoms with Crippen LogP contribution in [-0.2, 0) is 16.6 Å². The van der Waals surface area contributed by atoms with Crippen molar-refractivity contribution in [2.24, 2.45) is 0 Å². The molecule has 1 aromatic heterocycles. The molecule has 1 saturated heterocycles. The first-order valence-electron chi connectivity index (χ1n) is 10.5. The van der Waals surface area contributed by atoms with Gasteiger partial charge in [0.05, 0.1) is 11.4 Å². The number of ketones is 1. The van der Waals surface area contributed by atoms with Crippen molar-refractivity contribution in [3.05, 3.63) is 94.9 Å². The smallest absolute Gasteiger partial charge is 0.251 e. The first-order chi connectivity index (χ1) is 15.4. The van der Waals surface area contributed by atoms with Crippen molar-refractivity contribution in [2.45, 2.75) is 24.3 Å². The summed E-state index contributed by atoms with van der Waals surface area (Å²) in [5.41, 5.74) is 3.01. The van der Waals surface area contributed by atoms with Crippen molar-refractivity contribution in [3.8, 4) is 11.1 Å². The summed E-state index contributed by atoms with van der Waals surface area (Å²) in [5.74, 6) is -0.269. The Labute approximate surface area is 187 Å². The number of hydrogen-bond donors (Lipinski definition) is 0. The van der Waals surface area contributed by atoms with Crippen molar-refractivity contribution in [1.29, 1.82) is 0 Å². The van der Waals surface area contributed by atoms with Crippen LogP contribution in [0.15, 0.2) is 83.1 Å². The standard InChI is InChI=1S/C25H24N2O4S/c1-2-19-6-5-7-22(16-19)20-8-10-21(11-9-20)24(28)18-26-17-23(12-13-25(26)29)32(30,31)27-14-3-4-15-27/h2,5-13,16-17H,1,3-4,14-15,18H2. The number of sulfonamides is 1. The lowest BCUT2D eigenvalue weighted by Gasteiger charge is -2.16. The van der Waals surface area contributed by atoms with E-state index >= 15 is 0 Å². The fourth-order valence-electron chi connectivity index (χ4n) is 3.80. The molecule has 0 atom stereocenters. The third-order valence-corrected chi connectivity index (χ3v) is 7.52. The maximum absolute atomic E-state index is 12.8. The largest absolute Gasteiger partial charge is 0.306 e. The van der Waals surface area contributed by atoms with Crippen molar-refractivity contribution < 1.29 is 13.2 Å². The van der Waals surface area contributed by atoms with Gasteiger partial charge in [0.15, 0.2) is 5.78 Å². The minimum absolute atomic E-state index is 0.0317. The lowest BCUT2D eigenvalue weighted by molar-refractivity contribution is 0.0970. The Morgan fingerprint density at radius 2 is 1.69 bits per heavy atom. The van der Waals surface area contributed by atoms with Gasteiger partial charge in [-0.05, 0) is 41.7 Å². The molecule has 1 aliphatic rings. The number of nitrogens with zero attached hydrogens (tertiary/aromatic N) is 2. The van der Waals surface area contributed by atoms with E-state index < -0.39 is 15.6 Å². The maximum Gasteiger partial charge on any atom is 0.251 e. The van der Waals surface area contributed by atoms with Gasteiger partial charge in [0, 0.05) is 30.9 Å². The lowest BCUT2D eigenvalue weighted by Crippen LogP contribution is -2.30. The summed E-state index contributed by atoms with van der Waals surface area (Å²) in [6, 6.07) is 17.5. The van der Waals surface area contributed by atoms with Gasteiger partial charge >= 0.3 is 0 Å². The fourth-order valence-corrected chi connectivity index (χ4v) is 5.34. The Bertz CT molecular complexity index is 1320. The molecule has 6 nitrogen and oxygen atoms in total. The van der Waals surface area contributed by atoms with Crippen LogP contribution >= 0.6 is 0 Å². The SMILES string of the molecule is C=Cc1cccc(-c2ccc(C(=O)Cn3cc(S(=O)(=O)N4CCCC4)ccc3=O)cc2)c1. The van der Waals surface area contributed by atoms with Crippen LogP contribution in [0.2, 0.25) is 0 Å². The van der Waals surface area contributed by atoms with E-state index in [1.54, 1.807) is 18.2 Å². The summed E-state index contributed by atoms with van der Waals surface area (Å²) in [7, 11) is -3.67. The number of Topliss-reactive ketones (excluding diaryl/α,β-unsaturated/α-hetero) is 1. The Morgan fingerprint density at radius 3 is 2.38 bits per heavy atom. The van der Waals surface area contributed by atoms with Crippen molar-refractivity contribution >= 4 is 21.9 Å². The van der Waals surface area contributed by atoms with Gasteiger partial charge in [-0.1, -0.05) is 55.1 Å². The average molecular weight is 449 g/mol. The van der Waals surface area contributed by atoms with Crippen LogP contribution in [0.5, 0.6) is 0 Å². The van der Waals surface area contributed by atoms with Crippen molar-refractivity contribution in [2.75, 3.05) is 13.1 Å². The lowest BCUT2D eigenvalue weighted by atomic mass is 10.0. The quantitative estimate of drug-likeness (QED) is 0.515. The Kier molecular flexibility index (Phi) is 6.21. The summed E-state index contributed by atoms with van der Waals surface area (Å²) in [6.07, 6.45) is 4.69. The Hall–Kier alpha value is -3.29. The van der Waals surface area contributed by atoms with Gasteiger partial charge in [-0.3, -0.25) is 9.59 Å². The van der Waals surface area contributed by atoms with Gasteiger partial charge in [0.2, 0.25) is 10.0 Å². The molecular formula is C25H24N2O4S. The molecule has 0 N–H and O–H groups in total. The van der Waals surface area contributed by atoms with Gasteiger partial charge in [-0.25, -0.2) is 8.42 Å². The number of hydrogen-bond acceptors (Lipinski definition) is 4. The first-order valence-corrected chi connectivity index (χ1v) is 11.9. The van der Waals surface area contributed by atoms with E-state index in [2.05, 4.69) is 6.58 Å². The van der Waals surface area contributed by atoms with E-state index in [-0.39, 0.29) is 17.2 Å². The number of benzene rings is 2. The average Bonchev–Trinajstić information content (AvgIpc) is 3.36. The highest BCUT2D eigenvalue weighted by atomic mass is 32.2. The normalized spacial score (nSPS) is 14.4. The van der Waals surface area contributed by atoms with Crippen LogP contribution in [0.1, 0.15) is 28.8 Å². The zero-order valence-electron chi connectivity index (χ0n) is 17.6. The Morgan fingerprint density at radius 1 is 0.969 bits per heavy atom. The molecular weight excluding hydrogens is 424 g/mol. The third-order valence-electron chi connectivity index (χ3n) is 5.64. The highest BCUT2D eigenvalue weighted by Gasteiger charge is 2.27. The zero-order chi connectivity index (χ0) is 22.7. The predicted molar refractivity (Wildman–Crippen MR) is 125 cm³/mol. The number of rotatable bonds is 7. The molecule has 32 heavy (non-hydrogen) atoms. The molecule has 4 rings (SSSR count). The number of pyridine rings is 1. The summed E-state index contributed by atoms with van der Waals surface area (Å²) in [4.78, 5) is 25.1. The van der Waals surface area contributed by atoms with Crippen molar-refractivity contribution in [3.63, 3.8) is 0 Å². The van der Waals surface area contributed by atoms with E-state index in [1.165, 1.54) is 22.6 Å². The maximum atomic E-state index is 12.8. The van der Waals surface area contributed by atoms with Crippen LogP contribution in [0, 0.1) is 0 Å². The van der Waals surface area contributed by atoms with Gasteiger partial charge in [0.25, 0.3) is 5.56 Å². The molecule has 164 valence electrons. The molecule has 2 aromatic carbocycles. The van der Waals surface area contributed by atoms with Crippen LogP contribution < -0.4 is 5.56 Å². The molecule has 3 aromatic rings. The molecule has 0 saturated carbocycles. The zero-order valence-corrected chi connectivity index (χ0v) is 18.4. The molecule has 2 heterocycles. The van der Waals surface area contributed by atoms with E-state index in [9.17, 15) is 18.0 Å². The third kappa shape index (κ3) is 4.49. The van der Waals surface area contributed by atoms with E-state index in [0.717, 1.165) is 34.1 Å². The highest BCUT2D eigenvalue weighted by molar-refractivity contribution is 7.89. The van der Waals surface area contributed by atoms with E-state index in [1.807, 2.05) is 36.4 Å². The summed E-state index contributed by atoms with van der Waals surface area (Å²) in [6.45, 7) is 4.50. The molecule has 7 heteroatoms. The minimum atomic E-state index is -3.67. The molecule has 1 aliphatic heterocycles. The second kappa shape index (κ2) is 9.06. The van der Waals surface area contributed by atoms with E-state index in [0.29, 0.717) is 18.7 Å². The molecule has 0 aliphatic carbocycles. The molecule has 0 radical (unpaired) electrons. The first kappa shape index (κ1) is 21.9. The Balaban J connectivity index is 1.55. The van der Waals surface area contributed by atoms with Gasteiger partial charge < -0.3 is 4.57 Å². The highest BCUT2D eigenvalue weighted by Crippen LogP contribution is 2.22. The molecule has 0 bridgehead atoms. The summed E-state index contributed by atoms with van der Waals surface area (Å²) in [5, 5.41) is 0. The number of carbonyl (C=O) groups excluding carboxylic acids is 1.